The largest absolute Gasteiger partial charge is 0.497 e. The van der Waals surface area contributed by atoms with Crippen molar-refractivity contribution in [3.05, 3.63) is 54.1 Å². The van der Waals surface area contributed by atoms with Gasteiger partial charge in [0.1, 0.15) is 5.75 Å². The number of nitrogens with one attached hydrogen (secondary N) is 2. The Kier molecular flexibility index (Phi) is 7.00. The van der Waals surface area contributed by atoms with Gasteiger partial charge in [0.05, 0.1) is 30.2 Å². The minimum absolute atomic E-state index is 0.138. The molecule has 2 N–H and O–H groups in total. The summed E-state index contributed by atoms with van der Waals surface area (Å²) in [5.41, 5.74) is 1.41. The number of carbonyl (C=O) groups is 2. The fourth-order valence-corrected chi connectivity index (χ4v) is 4.41. The molecule has 2 amide bonds. The summed E-state index contributed by atoms with van der Waals surface area (Å²) >= 11 is 1.29. The van der Waals surface area contributed by atoms with Gasteiger partial charge in [-0.25, -0.2) is 4.68 Å². The fourth-order valence-electron chi connectivity index (χ4n) is 3.66. The number of benzene rings is 2. The van der Waals surface area contributed by atoms with Crippen LogP contribution in [0.2, 0.25) is 0 Å². The van der Waals surface area contributed by atoms with Crippen LogP contribution in [0.1, 0.15) is 42.1 Å². The van der Waals surface area contributed by atoms with E-state index in [4.69, 9.17) is 4.74 Å². The minimum atomic E-state index is -0.327. The zero-order chi connectivity index (χ0) is 22.3. The number of anilines is 2. The van der Waals surface area contributed by atoms with E-state index in [9.17, 15) is 9.59 Å². The van der Waals surface area contributed by atoms with Crippen LogP contribution >= 0.6 is 11.8 Å². The van der Waals surface area contributed by atoms with Crippen molar-refractivity contribution in [1.29, 1.82) is 0 Å². The lowest BCUT2D eigenvalue weighted by Crippen LogP contribution is -2.19. The molecule has 0 spiro atoms. The second-order valence-electron chi connectivity index (χ2n) is 7.41. The van der Waals surface area contributed by atoms with Gasteiger partial charge in [0.15, 0.2) is 0 Å². The molecule has 166 valence electrons. The van der Waals surface area contributed by atoms with E-state index in [2.05, 4.69) is 26.2 Å². The molecule has 9 nitrogen and oxygen atoms in total. The van der Waals surface area contributed by atoms with E-state index >= 15 is 0 Å². The number of hydrogen-bond acceptors (Lipinski definition) is 7. The first-order valence-electron chi connectivity index (χ1n) is 10.4. The monoisotopic (exact) mass is 452 g/mol. The average molecular weight is 453 g/mol. The van der Waals surface area contributed by atoms with Gasteiger partial charge in [0, 0.05) is 11.8 Å². The van der Waals surface area contributed by atoms with Crippen LogP contribution < -0.4 is 15.4 Å². The van der Waals surface area contributed by atoms with Crippen molar-refractivity contribution in [2.75, 3.05) is 23.5 Å². The molecule has 10 heteroatoms. The molecule has 0 atom stereocenters. The maximum Gasteiger partial charge on any atom is 0.257 e. The first kappa shape index (κ1) is 21.8. The second kappa shape index (κ2) is 10.3. The van der Waals surface area contributed by atoms with Gasteiger partial charge in [0.25, 0.3) is 5.91 Å². The Morgan fingerprint density at radius 3 is 2.75 bits per heavy atom. The molecule has 1 fully saturated rings. The lowest BCUT2D eigenvalue weighted by Gasteiger charge is -2.13. The van der Waals surface area contributed by atoms with Gasteiger partial charge in [-0.2, -0.15) is 0 Å². The van der Waals surface area contributed by atoms with E-state index in [0.29, 0.717) is 33.9 Å². The minimum Gasteiger partial charge on any atom is -0.497 e. The number of para-hydroxylation sites is 1. The first-order chi connectivity index (χ1) is 15.6. The molecular weight excluding hydrogens is 428 g/mol. The van der Waals surface area contributed by atoms with Gasteiger partial charge in [0.2, 0.25) is 11.1 Å². The second-order valence-corrected chi connectivity index (χ2v) is 8.36. The Morgan fingerprint density at radius 2 is 1.94 bits per heavy atom. The highest BCUT2D eigenvalue weighted by Gasteiger charge is 2.22. The molecule has 2 aromatic carbocycles. The van der Waals surface area contributed by atoms with Gasteiger partial charge in [-0.15, -0.1) is 5.10 Å². The number of methoxy groups -OCH3 is 1. The Hall–Kier alpha value is -3.40. The summed E-state index contributed by atoms with van der Waals surface area (Å²) in [4.78, 5) is 25.4. The summed E-state index contributed by atoms with van der Waals surface area (Å²) in [6.07, 6.45) is 4.45. The highest BCUT2D eigenvalue weighted by molar-refractivity contribution is 7.99. The maximum atomic E-state index is 12.8. The molecule has 0 unspecified atom stereocenters. The molecule has 0 saturated heterocycles. The summed E-state index contributed by atoms with van der Waals surface area (Å²) in [6.45, 7) is 0. The molecule has 1 aliphatic carbocycles. The molecule has 3 aromatic rings. The molecule has 4 rings (SSSR count). The zero-order valence-corrected chi connectivity index (χ0v) is 18.5. The van der Waals surface area contributed by atoms with Gasteiger partial charge < -0.3 is 15.4 Å². The van der Waals surface area contributed by atoms with Crippen molar-refractivity contribution in [2.24, 2.45) is 0 Å². The molecule has 0 bridgehead atoms. The Balaban J connectivity index is 1.39. The standard InChI is InChI=1S/C22H24N6O3S/c1-31-17-10-6-7-15(13-17)23-21(30)18-11-4-5-12-19(18)24-20(29)14-32-22-25-26-27-28(22)16-8-2-3-9-16/h4-7,10-13,16H,2-3,8-9,14H2,1H3,(H,23,30)(H,24,29). The zero-order valence-electron chi connectivity index (χ0n) is 17.7. The lowest BCUT2D eigenvalue weighted by atomic mass is 10.1. The van der Waals surface area contributed by atoms with E-state index in [1.807, 2.05) is 4.68 Å². The predicted octanol–water partition coefficient (Wildman–Crippen LogP) is 3.78. The number of amides is 2. The molecule has 1 aliphatic rings. The number of ether oxygens (including phenoxy) is 1. The number of carbonyl (C=O) groups excluding carboxylic acids is 2. The predicted molar refractivity (Wildman–Crippen MR) is 122 cm³/mol. The third kappa shape index (κ3) is 5.25. The Morgan fingerprint density at radius 1 is 1.12 bits per heavy atom. The summed E-state index contributed by atoms with van der Waals surface area (Å²) in [7, 11) is 1.57. The van der Waals surface area contributed by atoms with Crippen molar-refractivity contribution in [3.63, 3.8) is 0 Å². The lowest BCUT2D eigenvalue weighted by molar-refractivity contribution is -0.113. The number of tetrazole rings is 1. The molecule has 1 saturated carbocycles. The Labute approximate surface area is 189 Å². The van der Waals surface area contributed by atoms with E-state index in [1.54, 1.807) is 55.6 Å². The van der Waals surface area contributed by atoms with E-state index in [0.717, 1.165) is 12.8 Å². The topological polar surface area (TPSA) is 111 Å². The SMILES string of the molecule is COc1cccc(NC(=O)c2ccccc2NC(=O)CSc2nnnn2C2CCCC2)c1. The van der Waals surface area contributed by atoms with Crippen LogP contribution in [0.5, 0.6) is 5.75 Å². The number of aromatic nitrogens is 4. The van der Waals surface area contributed by atoms with Crippen LogP contribution in [0.25, 0.3) is 0 Å². The van der Waals surface area contributed by atoms with E-state index in [1.165, 1.54) is 24.6 Å². The fraction of sp³-hybridized carbons (Fsp3) is 0.318. The van der Waals surface area contributed by atoms with Crippen molar-refractivity contribution in [1.82, 2.24) is 20.2 Å². The number of rotatable bonds is 8. The van der Waals surface area contributed by atoms with Crippen LogP contribution in [0, 0.1) is 0 Å². The van der Waals surface area contributed by atoms with Crippen molar-refractivity contribution in [2.45, 2.75) is 36.9 Å². The van der Waals surface area contributed by atoms with Crippen LogP contribution in [0.4, 0.5) is 11.4 Å². The summed E-state index contributed by atoms with van der Waals surface area (Å²) in [5, 5.41) is 18.2. The quantitative estimate of drug-likeness (QED) is 0.500. The first-order valence-corrected chi connectivity index (χ1v) is 11.4. The van der Waals surface area contributed by atoms with Gasteiger partial charge in [-0.3, -0.25) is 9.59 Å². The van der Waals surface area contributed by atoms with Gasteiger partial charge >= 0.3 is 0 Å². The number of nitrogens with zero attached hydrogens (tertiary/aromatic N) is 4. The molecule has 0 aliphatic heterocycles. The molecule has 1 heterocycles. The maximum absolute atomic E-state index is 12.8. The number of thioether (sulfide) groups is 1. The van der Waals surface area contributed by atoms with Gasteiger partial charge in [-0.05, 0) is 47.5 Å². The van der Waals surface area contributed by atoms with Crippen molar-refractivity contribution >= 4 is 35.0 Å². The van der Waals surface area contributed by atoms with Crippen LogP contribution in [0.15, 0.2) is 53.7 Å². The van der Waals surface area contributed by atoms with Gasteiger partial charge in [-0.1, -0.05) is 42.8 Å². The van der Waals surface area contributed by atoms with E-state index < -0.39 is 0 Å². The summed E-state index contributed by atoms with van der Waals surface area (Å²) in [6, 6.07) is 14.3. The number of hydrogen-bond donors (Lipinski definition) is 2. The molecule has 32 heavy (non-hydrogen) atoms. The summed E-state index contributed by atoms with van der Waals surface area (Å²) < 4.78 is 7.01. The highest BCUT2D eigenvalue weighted by atomic mass is 32.2. The third-order valence-corrected chi connectivity index (χ3v) is 6.17. The van der Waals surface area contributed by atoms with Crippen LogP contribution in [-0.4, -0.2) is 44.9 Å². The van der Waals surface area contributed by atoms with Crippen LogP contribution in [-0.2, 0) is 4.79 Å². The average Bonchev–Trinajstić information content (AvgIpc) is 3.50. The third-order valence-electron chi connectivity index (χ3n) is 5.24. The molecular formula is C22H24N6O3S. The van der Waals surface area contributed by atoms with Crippen molar-refractivity contribution in [3.8, 4) is 5.75 Å². The van der Waals surface area contributed by atoms with E-state index in [-0.39, 0.29) is 17.6 Å². The normalized spacial score (nSPS) is 13.7. The highest BCUT2D eigenvalue weighted by Crippen LogP contribution is 2.31. The van der Waals surface area contributed by atoms with Crippen LogP contribution in [0.3, 0.4) is 0 Å². The molecule has 0 radical (unpaired) electrons. The Bertz CT molecular complexity index is 1100. The summed E-state index contributed by atoms with van der Waals surface area (Å²) in [5.74, 6) is 0.213. The molecule has 1 aromatic heterocycles. The smallest absolute Gasteiger partial charge is 0.257 e. The van der Waals surface area contributed by atoms with Crippen molar-refractivity contribution < 1.29 is 14.3 Å².